The van der Waals surface area contributed by atoms with Crippen LogP contribution >= 0.6 is 23.1 Å². The number of hydrogen-bond donors (Lipinski definition) is 1. The zero-order chi connectivity index (χ0) is 11.7. The van der Waals surface area contributed by atoms with Gasteiger partial charge in [-0.1, -0.05) is 24.6 Å². The molecule has 0 bridgehead atoms. The first kappa shape index (κ1) is 11.5. The largest absolute Gasteiger partial charge is 0.359 e. The van der Waals surface area contributed by atoms with Crippen molar-refractivity contribution in [3.8, 4) is 0 Å². The number of amidine groups is 1. The van der Waals surface area contributed by atoms with Crippen molar-refractivity contribution >= 4 is 28.3 Å². The smallest absolute Gasteiger partial charge is 0.157 e. The SMILES string of the molecule is CC(N=C1NC2(CCCC2)CS1)c1nccs1. The highest BCUT2D eigenvalue weighted by Gasteiger charge is 2.39. The van der Waals surface area contributed by atoms with Crippen LogP contribution in [0.3, 0.4) is 0 Å². The summed E-state index contributed by atoms with van der Waals surface area (Å²) in [6.45, 7) is 2.12. The van der Waals surface area contributed by atoms with Crippen LogP contribution in [-0.4, -0.2) is 21.4 Å². The molecule has 1 saturated heterocycles. The lowest BCUT2D eigenvalue weighted by Crippen LogP contribution is -2.40. The molecule has 0 amide bonds. The summed E-state index contributed by atoms with van der Waals surface area (Å²) < 4.78 is 0. The molecule has 1 atom stereocenters. The molecule has 3 rings (SSSR count). The van der Waals surface area contributed by atoms with Crippen LogP contribution in [0.15, 0.2) is 16.6 Å². The van der Waals surface area contributed by atoms with Gasteiger partial charge in [-0.05, 0) is 19.8 Å². The van der Waals surface area contributed by atoms with E-state index in [1.165, 1.54) is 31.4 Å². The molecule has 1 spiro atoms. The van der Waals surface area contributed by atoms with Crippen molar-refractivity contribution in [1.82, 2.24) is 10.3 Å². The van der Waals surface area contributed by atoms with Gasteiger partial charge in [-0.2, -0.15) is 0 Å². The average molecular weight is 267 g/mol. The van der Waals surface area contributed by atoms with E-state index in [9.17, 15) is 0 Å². The minimum absolute atomic E-state index is 0.182. The number of thiazole rings is 1. The highest BCUT2D eigenvalue weighted by atomic mass is 32.2. The van der Waals surface area contributed by atoms with Gasteiger partial charge in [-0.15, -0.1) is 11.3 Å². The van der Waals surface area contributed by atoms with E-state index in [1.54, 1.807) is 11.3 Å². The van der Waals surface area contributed by atoms with Crippen LogP contribution < -0.4 is 5.32 Å². The van der Waals surface area contributed by atoms with Crippen LogP contribution in [0.5, 0.6) is 0 Å². The molecule has 92 valence electrons. The quantitative estimate of drug-likeness (QED) is 0.894. The second-order valence-corrected chi connectivity index (χ2v) is 6.77. The van der Waals surface area contributed by atoms with Crippen molar-refractivity contribution in [3.05, 3.63) is 16.6 Å². The van der Waals surface area contributed by atoms with Crippen LogP contribution in [0, 0.1) is 0 Å². The number of rotatable bonds is 2. The Morgan fingerprint density at radius 3 is 3.00 bits per heavy atom. The van der Waals surface area contributed by atoms with Gasteiger partial charge in [0.05, 0.1) is 0 Å². The Balaban J connectivity index is 1.69. The van der Waals surface area contributed by atoms with Gasteiger partial charge in [-0.3, -0.25) is 4.99 Å². The second-order valence-electron chi connectivity index (χ2n) is 4.88. The van der Waals surface area contributed by atoms with E-state index in [-0.39, 0.29) is 6.04 Å². The zero-order valence-electron chi connectivity index (χ0n) is 9.98. The third-order valence-electron chi connectivity index (χ3n) is 3.54. The predicted molar refractivity (Wildman–Crippen MR) is 74.8 cm³/mol. The fourth-order valence-corrected chi connectivity index (χ4v) is 4.50. The van der Waals surface area contributed by atoms with E-state index in [0.717, 1.165) is 10.2 Å². The maximum Gasteiger partial charge on any atom is 0.157 e. The Morgan fingerprint density at radius 1 is 1.47 bits per heavy atom. The van der Waals surface area contributed by atoms with Gasteiger partial charge < -0.3 is 5.32 Å². The highest BCUT2D eigenvalue weighted by molar-refractivity contribution is 8.14. The first-order chi connectivity index (χ1) is 8.27. The molecule has 0 radical (unpaired) electrons. The van der Waals surface area contributed by atoms with Gasteiger partial charge in [0.25, 0.3) is 0 Å². The van der Waals surface area contributed by atoms with Gasteiger partial charge in [0, 0.05) is 22.9 Å². The van der Waals surface area contributed by atoms with Crippen molar-refractivity contribution in [3.63, 3.8) is 0 Å². The Hall–Kier alpha value is -0.550. The average Bonchev–Trinajstić information content (AvgIpc) is 3.04. The molecule has 2 heterocycles. The molecule has 1 aliphatic heterocycles. The Bertz CT molecular complexity index is 407. The Morgan fingerprint density at radius 2 is 2.29 bits per heavy atom. The molecule has 1 saturated carbocycles. The molecule has 0 aromatic carbocycles. The van der Waals surface area contributed by atoms with Gasteiger partial charge in [0.2, 0.25) is 0 Å². The Labute approximate surface area is 110 Å². The molecule has 1 unspecified atom stereocenters. The van der Waals surface area contributed by atoms with Crippen LogP contribution in [0.2, 0.25) is 0 Å². The van der Waals surface area contributed by atoms with Crippen LogP contribution in [-0.2, 0) is 0 Å². The second kappa shape index (κ2) is 4.61. The van der Waals surface area contributed by atoms with Gasteiger partial charge in [0.15, 0.2) is 5.17 Å². The first-order valence-corrected chi connectivity index (χ1v) is 8.02. The van der Waals surface area contributed by atoms with Crippen LogP contribution in [0.25, 0.3) is 0 Å². The summed E-state index contributed by atoms with van der Waals surface area (Å²) in [6.07, 6.45) is 7.20. The summed E-state index contributed by atoms with van der Waals surface area (Å²) >= 11 is 3.56. The predicted octanol–water partition coefficient (Wildman–Crippen LogP) is 3.21. The van der Waals surface area contributed by atoms with Gasteiger partial charge in [-0.25, -0.2) is 4.98 Å². The third-order valence-corrected chi connectivity index (χ3v) is 5.66. The van der Waals surface area contributed by atoms with Crippen molar-refractivity contribution in [2.45, 2.75) is 44.2 Å². The van der Waals surface area contributed by atoms with E-state index < -0.39 is 0 Å². The van der Waals surface area contributed by atoms with Crippen molar-refractivity contribution in [2.75, 3.05) is 5.75 Å². The summed E-state index contributed by atoms with van der Waals surface area (Å²) in [4.78, 5) is 9.08. The van der Waals surface area contributed by atoms with E-state index in [0.29, 0.717) is 5.54 Å². The summed E-state index contributed by atoms with van der Waals surface area (Å²) in [6, 6.07) is 0.182. The summed E-state index contributed by atoms with van der Waals surface area (Å²) in [5.74, 6) is 1.19. The van der Waals surface area contributed by atoms with E-state index in [2.05, 4.69) is 17.2 Å². The number of hydrogen-bond acceptors (Lipinski definition) is 4. The topological polar surface area (TPSA) is 37.3 Å². The number of nitrogens with zero attached hydrogens (tertiary/aromatic N) is 2. The van der Waals surface area contributed by atoms with Crippen molar-refractivity contribution in [2.24, 2.45) is 4.99 Å². The van der Waals surface area contributed by atoms with Crippen LogP contribution in [0.4, 0.5) is 0 Å². The molecule has 17 heavy (non-hydrogen) atoms. The van der Waals surface area contributed by atoms with Gasteiger partial charge in [0.1, 0.15) is 11.0 Å². The molecule has 1 aliphatic carbocycles. The lowest BCUT2D eigenvalue weighted by Gasteiger charge is -2.21. The van der Waals surface area contributed by atoms with Crippen molar-refractivity contribution < 1.29 is 0 Å². The zero-order valence-corrected chi connectivity index (χ0v) is 11.6. The van der Waals surface area contributed by atoms with E-state index in [1.807, 2.05) is 23.3 Å². The minimum Gasteiger partial charge on any atom is -0.359 e. The summed E-state index contributed by atoms with van der Waals surface area (Å²) in [5.41, 5.74) is 0.367. The summed E-state index contributed by atoms with van der Waals surface area (Å²) in [5, 5.41) is 7.89. The molecular weight excluding hydrogens is 250 g/mol. The maximum absolute atomic E-state index is 4.75. The standard InChI is InChI=1S/C12H17N3S2/c1-9(10-13-6-7-16-10)14-11-15-12(8-17-11)4-2-3-5-12/h6-7,9H,2-5,8H2,1H3,(H,14,15). The van der Waals surface area contributed by atoms with E-state index in [4.69, 9.17) is 4.99 Å². The highest BCUT2D eigenvalue weighted by Crippen LogP contribution is 2.38. The lowest BCUT2D eigenvalue weighted by molar-refractivity contribution is 0.452. The maximum atomic E-state index is 4.75. The Kier molecular flexibility index (Phi) is 3.13. The number of thioether (sulfide) groups is 1. The first-order valence-electron chi connectivity index (χ1n) is 6.16. The number of nitrogens with one attached hydrogen (secondary N) is 1. The molecule has 3 nitrogen and oxygen atoms in total. The van der Waals surface area contributed by atoms with E-state index >= 15 is 0 Å². The molecular formula is C12H17N3S2. The van der Waals surface area contributed by atoms with Crippen molar-refractivity contribution in [1.29, 1.82) is 0 Å². The fraction of sp³-hybridized carbons (Fsp3) is 0.667. The fourth-order valence-electron chi connectivity index (χ4n) is 2.57. The lowest BCUT2D eigenvalue weighted by atomic mass is 10.0. The minimum atomic E-state index is 0.182. The molecule has 1 N–H and O–H groups in total. The summed E-state index contributed by atoms with van der Waals surface area (Å²) in [7, 11) is 0. The molecule has 5 heteroatoms. The van der Waals surface area contributed by atoms with Crippen LogP contribution in [0.1, 0.15) is 43.7 Å². The molecule has 1 aromatic rings. The third kappa shape index (κ3) is 2.36. The molecule has 1 aromatic heterocycles. The normalized spacial score (nSPS) is 26.5. The number of aliphatic imine (C=N–C) groups is 1. The number of aromatic nitrogens is 1. The van der Waals surface area contributed by atoms with Gasteiger partial charge >= 0.3 is 0 Å². The molecule has 2 fully saturated rings. The molecule has 2 aliphatic rings. The monoisotopic (exact) mass is 267 g/mol.